The van der Waals surface area contributed by atoms with Crippen molar-refractivity contribution in [1.29, 1.82) is 0 Å². The first kappa shape index (κ1) is 10.9. The molecule has 0 aromatic rings. The summed E-state index contributed by atoms with van der Waals surface area (Å²) < 4.78 is 49.4. The van der Waals surface area contributed by atoms with Crippen LogP contribution in [-0.2, 0) is 14.3 Å². The lowest BCUT2D eigenvalue weighted by Crippen LogP contribution is -2.34. The minimum Gasteiger partial charge on any atom is -0.391 e. The Hall–Kier alpha value is -1.14. The Labute approximate surface area is 64.3 Å². The van der Waals surface area contributed by atoms with Gasteiger partial charge in [0, 0.05) is 6.92 Å². The minimum atomic E-state index is -5.33. The molecule has 0 rings (SSSR count). The van der Waals surface area contributed by atoms with Gasteiger partial charge in [-0.25, -0.2) is 9.18 Å². The standard InChI is InChI=1S/C5H4F4O3/c1-2(10)12-4(11)3(6)5(7,8)9/h3H,1H3. The number of rotatable bonds is 1. The van der Waals surface area contributed by atoms with Crippen LogP contribution in [0.2, 0.25) is 0 Å². The molecular weight excluding hydrogens is 184 g/mol. The van der Waals surface area contributed by atoms with Crippen LogP contribution in [0.25, 0.3) is 0 Å². The van der Waals surface area contributed by atoms with Crippen LogP contribution in [0.1, 0.15) is 6.92 Å². The molecule has 12 heavy (non-hydrogen) atoms. The van der Waals surface area contributed by atoms with Crippen LogP contribution in [0, 0.1) is 0 Å². The van der Waals surface area contributed by atoms with Crippen molar-refractivity contribution in [1.82, 2.24) is 0 Å². The van der Waals surface area contributed by atoms with E-state index in [1.165, 1.54) is 0 Å². The normalized spacial score (nSPS) is 13.8. The van der Waals surface area contributed by atoms with Gasteiger partial charge in [-0.3, -0.25) is 4.79 Å². The molecule has 0 saturated carbocycles. The quantitative estimate of drug-likeness (QED) is 0.350. The Morgan fingerprint density at radius 3 is 2.00 bits per heavy atom. The summed E-state index contributed by atoms with van der Waals surface area (Å²) in [6.45, 7) is 0.695. The summed E-state index contributed by atoms with van der Waals surface area (Å²) in [4.78, 5) is 20.0. The van der Waals surface area contributed by atoms with Crippen molar-refractivity contribution in [3.05, 3.63) is 0 Å². The Balaban J connectivity index is 4.21. The summed E-state index contributed by atoms with van der Waals surface area (Å²) in [5.74, 6) is -3.53. The minimum absolute atomic E-state index is 0.695. The van der Waals surface area contributed by atoms with Gasteiger partial charge in [-0.05, 0) is 0 Å². The molecule has 0 fully saturated rings. The van der Waals surface area contributed by atoms with Crippen molar-refractivity contribution in [2.24, 2.45) is 0 Å². The summed E-state index contributed by atoms with van der Waals surface area (Å²) in [5.41, 5.74) is 0. The van der Waals surface area contributed by atoms with E-state index in [4.69, 9.17) is 0 Å². The molecule has 0 aromatic carbocycles. The molecule has 1 unspecified atom stereocenters. The molecule has 0 aliphatic carbocycles. The highest BCUT2D eigenvalue weighted by molar-refractivity contribution is 5.87. The summed E-state index contributed by atoms with van der Waals surface area (Å²) in [5, 5.41) is 0. The lowest BCUT2D eigenvalue weighted by atomic mass is 10.4. The second-order valence-corrected chi connectivity index (χ2v) is 1.82. The van der Waals surface area contributed by atoms with Crippen LogP contribution < -0.4 is 0 Å². The zero-order chi connectivity index (χ0) is 9.94. The number of halogens is 4. The van der Waals surface area contributed by atoms with E-state index in [-0.39, 0.29) is 0 Å². The monoisotopic (exact) mass is 188 g/mol. The van der Waals surface area contributed by atoms with E-state index in [1.807, 2.05) is 0 Å². The van der Waals surface area contributed by atoms with Gasteiger partial charge in [0.2, 0.25) is 0 Å². The fourth-order valence-electron chi connectivity index (χ4n) is 0.327. The highest BCUT2D eigenvalue weighted by atomic mass is 19.4. The average Bonchev–Trinajstić information content (AvgIpc) is 1.82. The molecule has 7 heteroatoms. The lowest BCUT2D eigenvalue weighted by molar-refractivity contribution is -0.201. The SMILES string of the molecule is CC(=O)OC(=O)C(F)C(F)(F)F. The van der Waals surface area contributed by atoms with E-state index in [0.717, 1.165) is 0 Å². The largest absolute Gasteiger partial charge is 0.430 e. The third-order valence-corrected chi connectivity index (χ3v) is 0.739. The zero-order valence-electron chi connectivity index (χ0n) is 5.81. The second-order valence-electron chi connectivity index (χ2n) is 1.82. The van der Waals surface area contributed by atoms with Crippen LogP contribution in [0.15, 0.2) is 0 Å². The Kier molecular flexibility index (Phi) is 3.17. The topological polar surface area (TPSA) is 43.4 Å². The van der Waals surface area contributed by atoms with Crippen molar-refractivity contribution >= 4 is 11.9 Å². The molecule has 3 nitrogen and oxygen atoms in total. The molecule has 0 spiro atoms. The number of ether oxygens (including phenoxy) is 1. The van der Waals surface area contributed by atoms with Crippen molar-refractivity contribution in [3.63, 3.8) is 0 Å². The molecule has 0 bridgehead atoms. The maximum absolute atomic E-state index is 11.9. The van der Waals surface area contributed by atoms with Gasteiger partial charge in [0.1, 0.15) is 0 Å². The number of hydrogen-bond donors (Lipinski definition) is 0. The molecule has 70 valence electrons. The van der Waals surface area contributed by atoms with Crippen LogP contribution >= 0.6 is 0 Å². The van der Waals surface area contributed by atoms with Gasteiger partial charge < -0.3 is 4.74 Å². The fourth-order valence-corrected chi connectivity index (χ4v) is 0.327. The smallest absolute Gasteiger partial charge is 0.391 e. The van der Waals surface area contributed by atoms with Gasteiger partial charge in [0.05, 0.1) is 0 Å². The van der Waals surface area contributed by atoms with E-state index in [1.54, 1.807) is 0 Å². The Bertz CT molecular complexity index is 197. The molecule has 0 radical (unpaired) electrons. The average molecular weight is 188 g/mol. The van der Waals surface area contributed by atoms with Crippen molar-refractivity contribution in [2.45, 2.75) is 19.3 Å². The third-order valence-electron chi connectivity index (χ3n) is 0.739. The van der Waals surface area contributed by atoms with Crippen LogP contribution in [-0.4, -0.2) is 24.3 Å². The molecule has 0 aliphatic rings. The van der Waals surface area contributed by atoms with E-state index in [2.05, 4.69) is 4.74 Å². The zero-order valence-corrected chi connectivity index (χ0v) is 5.81. The predicted octanol–water partition coefficient (Wildman–Crippen LogP) is 0.977. The summed E-state index contributed by atoms with van der Waals surface area (Å²) in [6, 6.07) is 0. The number of esters is 2. The number of carbonyl (C=O) groups excluding carboxylic acids is 2. The van der Waals surface area contributed by atoms with Gasteiger partial charge in [-0.15, -0.1) is 0 Å². The third kappa shape index (κ3) is 3.31. The first-order chi connectivity index (χ1) is 5.25. The first-order valence-electron chi connectivity index (χ1n) is 2.68. The molecule has 0 heterocycles. The van der Waals surface area contributed by atoms with Crippen LogP contribution in [0.3, 0.4) is 0 Å². The summed E-state index contributed by atoms with van der Waals surface area (Å²) in [7, 11) is 0. The van der Waals surface area contributed by atoms with Gasteiger partial charge in [-0.1, -0.05) is 0 Å². The Morgan fingerprint density at radius 2 is 1.75 bits per heavy atom. The molecule has 0 N–H and O–H groups in total. The molecule has 0 aliphatic heterocycles. The maximum atomic E-state index is 11.9. The molecular formula is C5H4F4O3. The van der Waals surface area contributed by atoms with Gasteiger partial charge in [0.15, 0.2) is 0 Å². The fraction of sp³-hybridized carbons (Fsp3) is 0.600. The lowest BCUT2D eigenvalue weighted by Gasteiger charge is -2.09. The van der Waals surface area contributed by atoms with Gasteiger partial charge >= 0.3 is 18.1 Å². The maximum Gasteiger partial charge on any atom is 0.430 e. The Morgan fingerprint density at radius 1 is 1.33 bits per heavy atom. The van der Waals surface area contributed by atoms with Crippen LogP contribution in [0.4, 0.5) is 17.6 Å². The van der Waals surface area contributed by atoms with Crippen molar-refractivity contribution < 1.29 is 31.9 Å². The van der Waals surface area contributed by atoms with Crippen LogP contribution in [0.5, 0.6) is 0 Å². The first-order valence-corrected chi connectivity index (χ1v) is 2.68. The van der Waals surface area contributed by atoms with Crippen molar-refractivity contribution in [2.75, 3.05) is 0 Å². The highest BCUT2D eigenvalue weighted by Gasteiger charge is 2.47. The van der Waals surface area contributed by atoms with Crippen molar-refractivity contribution in [3.8, 4) is 0 Å². The van der Waals surface area contributed by atoms with E-state index >= 15 is 0 Å². The molecule has 0 saturated heterocycles. The number of alkyl halides is 4. The van der Waals surface area contributed by atoms with E-state index < -0.39 is 24.3 Å². The summed E-state index contributed by atoms with van der Waals surface area (Å²) in [6.07, 6.45) is -9.09. The van der Waals surface area contributed by atoms with E-state index in [0.29, 0.717) is 6.92 Å². The summed E-state index contributed by atoms with van der Waals surface area (Å²) >= 11 is 0. The molecule has 1 atom stereocenters. The predicted molar refractivity (Wildman–Crippen MR) is 27.7 cm³/mol. The van der Waals surface area contributed by atoms with Gasteiger partial charge in [0.25, 0.3) is 6.17 Å². The second kappa shape index (κ2) is 3.51. The van der Waals surface area contributed by atoms with E-state index in [9.17, 15) is 27.2 Å². The number of hydrogen-bond acceptors (Lipinski definition) is 3. The highest BCUT2D eigenvalue weighted by Crippen LogP contribution is 2.23. The molecule has 0 amide bonds. The molecule has 0 aromatic heterocycles. The van der Waals surface area contributed by atoms with Gasteiger partial charge in [-0.2, -0.15) is 13.2 Å². The number of carbonyl (C=O) groups is 2.